The van der Waals surface area contributed by atoms with E-state index in [0.717, 1.165) is 44.6 Å². The highest BCUT2D eigenvalue weighted by molar-refractivity contribution is 7.26. The molecule has 0 amide bonds. The van der Waals surface area contributed by atoms with Crippen LogP contribution in [0, 0.1) is 0 Å². The maximum atomic E-state index is 6.74. The Morgan fingerprint density at radius 3 is 1.84 bits per heavy atom. The molecule has 10 aromatic carbocycles. The number of fused-ring (bicyclic) bond motifs is 11. The maximum absolute atomic E-state index is 6.74. The number of anilines is 3. The van der Waals surface area contributed by atoms with Crippen molar-refractivity contribution in [2.24, 2.45) is 0 Å². The molecule has 0 atom stereocenters. The van der Waals surface area contributed by atoms with Gasteiger partial charge >= 0.3 is 0 Å². The summed E-state index contributed by atoms with van der Waals surface area (Å²) in [5.41, 5.74) is 14.4. The molecule has 0 spiro atoms. The fraction of sp³-hybridized carbons (Fsp3) is 0.0169. The van der Waals surface area contributed by atoms with E-state index in [0.29, 0.717) is 0 Å². The van der Waals surface area contributed by atoms with Crippen LogP contribution in [0.5, 0.6) is 0 Å². The van der Waals surface area contributed by atoms with Crippen LogP contribution >= 0.6 is 11.3 Å². The molecule has 0 saturated heterocycles. The Balaban J connectivity index is 1.14. The lowest BCUT2D eigenvalue weighted by Crippen LogP contribution is -2.28. The van der Waals surface area contributed by atoms with E-state index in [-0.39, 0.29) is 0 Å². The number of nitrogens with zero attached hydrogens (tertiary/aromatic N) is 1. The zero-order chi connectivity index (χ0) is 40.8. The van der Waals surface area contributed by atoms with E-state index in [1.165, 1.54) is 69.9 Å². The van der Waals surface area contributed by atoms with Crippen LogP contribution in [0.25, 0.3) is 75.1 Å². The van der Waals surface area contributed by atoms with Gasteiger partial charge in [-0.1, -0.05) is 170 Å². The predicted molar refractivity (Wildman–Crippen MR) is 262 cm³/mol. The van der Waals surface area contributed by atoms with Gasteiger partial charge in [0.15, 0.2) is 0 Å². The molecule has 0 saturated carbocycles. The van der Waals surface area contributed by atoms with E-state index in [1.807, 2.05) is 11.3 Å². The van der Waals surface area contributed by atoms with E-state index in [2.05, 4.69) is 229 Å². The molecular formula is C59H37NOS. The summed E-state index contributed by atoms with van der Waals surface area (Å²) in [5, 5.41) is 7.21. The van der Waals surface area contributed by atoms with Crippen LogP contribution in [-0.4, -0.2) is 0 Å². The number of rotatable bonds is 6. The summed E-state index contributed by atoms with van der Waals surface area (Å²) in [6.45, 7) is 0. The van der Waals surface area contributed by atoms with Crippen LogP contribution in [0.4, 0.5) is 17.1 Å². The van der Waals surface area contributed by atoms with Crippen molar-refractivity contribution in [3.05, 3.63) is 247 Å². The quantitative estimate of drug-likeness (QED) is 0.166. The van der Waals surface area contributed by atoms with Crippen molar-refractivity contribution < 1.29 is 4.42 Å². The van der Waals surface area contributed by atoms with Gasteiger partial charge in [0.1, 0.15) is 11.2 Å². The molecular weight excluding hydrogens is 771 g/mol. The Bertz CT molecular complexity index is 3670. The molecule has 0 unspecified atom stereocenters. The first-order valence-corrected chi connectivity index (χ1v) is 22.1. The molecule has 12 aromatic rings. The minimum Gasteiger partial charge on any atom is -0.456 e. The van der Waals surface area contributed by atoms with Gasteiger partial charge in [0.2, 0.25) is 0 Å². The Labute approximate surface area is 363 Å². The summed E-state index contributed by atoms with van der Waals surface area (Å²) in [6, 6.07) is 82.3. The molecule has 1 aliphatic rings. The monoisotopic (exact) mass is 807 g/mol. The lowest BCUT2D eigenvalue weighted by Gasteiger charge is -2.35. The maximum Gasteiger partial charge on any atom is 0.137 e. The van der Waals surface area contributed by atoms with Crippen molar-refractivity contribution >= 4 is 81.3 Å². The fourth-order valence-corrected chi connectivity index (χ4v) is 11.7. The van der Waals surface area contributed by atoms with Crippen molar-refractivity contribution in [2.45, 2.75) is 5.41 Å². The summed E-state index contributed by atoms with van der Waals surface area (Å²) < 4.78 is 9.27. The molecule has 0 aliphatic heterocycles. The van der Waals surface area contributed by atoms with Crippen molar-refractivity contribution in [2.75, 3.05) is 4.90 Å². The summed E-state index contributed by atoms with van der Waals surface area (Å²) in [5.74, 6) is 0. The minimum atomic E-state index is -0.549. The van der Waals surface area contributed by atoms with Crippen LogP contribution in [0.1, 0.15) is 22.3 Å². The van der Waals surface area contributed by atoms with Gasteiger partial charge in [0.05, 0.1) is 22.2 Å². The Kier molecular flexibility index (Phi) is 7.72. The van der Waals surface area contributed by atoms with Crippen LogP contribution in [0.15, 0.2) is 229 Å². The largest absolute Gasteiger partial charge is 0.456 e. The van der Waals surface area contributed by atoms with E-state index in [4.69, 9.17) is 4.42 Å². The normalized spacial score (nSPS) is 13.0. The van der Waals surface area contributed by atoms with Crippen molar-refractivity contribution in [3.63, 3.8) is 0 Å². The predicted octanol–water partition coefficient (Wildman–Crippen LogP) is 16.6. The Morgan fingerprint density at radius 2 is 1.03 bits per heavy atom. The molecule has 13 rings (SSSR count). The Hall–Kier alpha value is -7.72. The van der Waals surface area contributed by atoms with Gasteiger partial charge in [-0.05, 0) is 110 Å². The second kappa shape index (κ2) is 13.7. The second-order valence-electron chi connectivity index (χ2n) is 16.3. The van der Waals surface area contributed by atoms with Crippen LogP contribution in [0.2, 0.25) is 0 Å². The van der Waals surface area contributed by atoms with Crippen LogP contribution in [-0.2, 0) is 5.41 Å². The van der Waals surface area contributed by atoms with Gasteiger partial charge < -0.3 is 9.32 Å². The summed E-state index contributed by atoms with van der Waals surface area (Å²) in [4.78, 5) is 2.51. The van der Waals surface area contributed by atoms with Gasteiger partial charge in [-0.25, -0.2) is 0 Å². The highest BCUT2D eigenvalue weighted by atomic mass is 32.1. The van der Waals surface area contributed by atoms with Gasteiger partial charge in [-0.15, -0.1) is 11.3 Å². The topological polar surface area (TPSA) is 16.4 Å². The molecule has 0 bridgehead atoms. The number of hydrogen-bond acceptors (Lipinski definition) is 3. The molecule has 0 fully saturated rings. The zero-order valence-corrected chi connectivity index (χ0v) is 34.4. The van der Waals surface area contributed by atoms with Gasteiger partial charge in [-0.3, -0.25) is 0 Å². The van der Waals surface area contributed by atoms with Crippen LogP contribution in [0.3, 0.4) is 0 Å². The molecule has 2 heterocycles. The summed E-state index contributed by atoms with van der Waals surface area (Å²) in [7, 11) is 0. The summed E-state index contributed by atoms with van der Waals surface area (Å²) in [6.07, 6.45) is 0. The molecule has 1 aliphatic carbocycles. The Morgan fingerprint density at radius 1 is 0.387 bits per heavy atom. The standard InChI is InChI=1S/C59H37NOS/c1-3-16-38(17-4-1)40-32-34-52-47(36-40)56-50(28-14-30-53(56)61-52)60(51-29-15-31-54-58(51)57-44-23-8-7-18-39(44)33-35-55(57)62-54)43-22-13-21-42(37-43)59(41-19-5-2-6-20-41)48-26-11-9-24-45(48)46-25-10-12-27-49(46)59/h1-37H. The SMILES string of the molecule is c1ccc(-c2ccc3oc4cccc(N(c5cccc(C6(c7ccccc7)c7ccccc7-c7ccccc76)c5)c5cccc6sc7ccc8ccccc8c7c56)c4c3c2)cc1. The average Bonchev–Trinajstić information content (AvgIpc) is 4.01. The highest BCUT2D eigenvalue weighted by Crippen LogP contribution is 2.57. The van der Waals surface area contributed by atoms with E-state index in [1.54, 1.807) is 0 Å². The van der Waals surface area contributed by atoms with Gasteiger partial charge in [0.25, 0.3) is 0 Å². The van der Waals surface area contributed by atoms with Crippen molar-refractivity contribution in [1.29, 1.82) is 0 Å². The molecule has 290 valence electrons. The first-order valence-electron chi connectivity index (χ1n) is 21.2. The number of thiophene rings is 1. The smallest absolute Gasteiger partial charge is 0.137 e. The van der Waals surface area contributed by atoms with Crippen molar-refractivity contribution in [1.82, 2.24) is 0 Å². The third-order valence-corrected chi connectivity index (χ3v) is 14.2. The first kappa shape index (κ1) is 35.1. The van der Waals surface area contributed by atoms with E-state index >= 15 is 0 Å². The average molecular weight is 808 g/mol. The van der Waals surface area contributed by atoms with Crippen molar-refractivity contribution in [3.8, 4) is 22.3 Å². The zero-order valence-electron chi connectivity index (χ0n) is 33.6. The fourth-order valence-electron chi connectivity index (χ4n) is 10.6. The number of benzene rings is 10. The van der Waals surface area contributed by atoms with E-state index < -0.39 is 5.41 Å². The highest BCUT2D eigenvalue weighted by Gasteiger charge is 2.46. The summed E-state index contributed by atoms with van der Waals surface area (Å²) >= 11 is 1.87. The molecule has 2 aromatic heterocycles. The molecule has 2 nitrogen and oxygen atoms in total. The molecule has 3 heteroatoms. The third-order valence-electron chi connectivity index (χ3n) is 13.1. The van der Waals surface area contributed by atoms with E-state index in [9.17, 15) is 0 Å². The lowest BCUT2D eigenvalue weighted by molar-refractivity contribution is 0.669. The minimum absolute atomic E-state index is 0.549. The second-order valence-corrected chi connectivity index (χ2v) is 17.4. The molecule has 0 N–H and O–H groups in total. The number of hydrogen-bond donors (Lipinski definition) is 0. The third kappa shape index (κ3) is 5.03. The molecule has 0 radical (unpaired) electrons. The number of furan rings is 1. The van der Waals surface area contributed by atoms with Gasteiger partial charge in [0, 0.05) is 31.2 Å². The lowest BCUT2D eigenvalue weighted by atomic mass is 9.67. The van der Waals surface area contributed by atoms with Gasteiger partial charge in [-0.2, -0.15) is 0 Å². The van der Waals surface area contributed by atoms with Crippen LogP contribution < -0.4 is 4.90 Å². The first-order chi connectivity index (χ1) is 30.8. The molecule has 62 heavy (non-hydrogen) atoms.